The molecule has 162 valence electrons. The monoisotopic (exact) mass is 427 g/mol. The normalized spacial score (nSPS) is 15.9. The highest BCUT2D eigenvalue weighted by Crippen LogP contribution is 2.41. The van der Waals surface area contributed by atoms with Gasteiger partial charge in [0, 0.05) is 38.1 Å². The van der Waals surface area contributed by atoms with E-state index >= 15 is 0 Å². The van der Waals surface area contributed by atoms with Gasteiger partial charge < -0.3 is 10.0 Å². The molecule has 1 atom stereocenters. The van der Waals surface area contributed by atoms with E-state index in [4.69, 9.17) is 0 Å². The number of aliphatic hydroxyl groups is 1. The third kappa shape index (κ3) is 4.12. The third-order valence-corrected chi connectivity index (χ3v) is 5.60. The van der Waals surface area contributed by atoms with Crippen molar-refractivity contribution in [2.24, 2.45) is 0 Å². The Morgan fingerprint density at radius 1 is 1.00 bits per heavy atom. The van der Waals surface area contributed by atoms with Crippen LogP contribution in [-0.2, 0) is 16.0 Å². The van der Waals surface area contributed by atoms with E-state index in [0.29, 0.717) is 17.8 Å². The first-order valence-electron chi connectivity index (χ1n) is 10.5. The zero-order valence-corrected chi connectivity index (χ0v) is 18.1. The van der Waals surface area contributed by atoms with E-state index in [1.807, 2.05) is 79.7 Å². The van der Waals surface area contributed by atoms with Gasteiger partial charge in [0.05, 0.1) is 11.3 Å². The molecule has 6 heteroatoms. The van der Waals surface area contributed by atoms with Crippen molar-refractivity contribution in [2.75, 3.05) is 23.9 Å². The van der Waals surface area contributed by atoms with Gasteiger partial charge in [-0.2, -0.15) is 0 Å². The number of hydrogen-bond acceptors (Lipinski definition) is 5. The van der Waals surface area contributed by atoms with E-state index in [-0.39, 0.29) is 17.8 Å². The minimum absolute atomic E-state index is 0.0984. The molecule has 4 rings (SSSR count). The second-order valence-electron chi connectivity index (χ2n) is 7.91. The van der Waals surface area contributed by atoms with Crippen LogP contribution in [0.5, 0.6) is 0 Å². The predicted molar refractivity (Wildman–Crippen MR) is 125 cm³/mol. The second-order valence-corrected chi connectivity index (χ2v) is 7.91. The number of rotatable bonds is 7. The molecule has 0 bridgehead atoms. The number of ketones is 1. The number of amides is 1. The molecular weight excluding hydrogens is 402 g/mol. The minimum Gasteiger partial charge on any atom is -0.503 e. The van der Waals surface area contributed by atoms with Crippen molar-refractivity contribution in [1.29, 1.82) is 0 Å². The Hall–Kier alpha value is -3.93. The lowest BCUT2D eigenvalue weighted by molar-refractivity contribution is -0.118. The topological polar surface area (TPSA) is 73.7 Å². The lowest BCUT2D eigenvalue weighted by Crippen LogP contribution is -2.31. The molecule has 0 spiro atoms. The van der Waals surface area contributed by atoms with Crippen LogP contribution < -0.4 is 9.80 Å². The summed E-state index contributed by atoms with van der Waals surface area (Å²) in [5.74, 6) is -1.36. The highest BCUT2D eigenvalue weighted by molar-refractivity contribution is 6.16. The van der Waals surface area contributed by atoms with Gasteiger partial charge in [0.15, 0.2) is 11.5 Å². The summed E-state index contributed by atoms with van der Waals surface area (Å²) in [5.41, 5.74) is 3.22. The molecule has 1 aromatic heterocycles. The number of benzene rings is 2. The number of aromatic nitrogens is 1. The molecule has 0 radical (unpaired) electrons. The molecule has 2 heterocycles. The molecule has 3 aromatic rings. The highest BCUT2D eigenvalue weighted by atomic mass is 16.3. The molecule has 0 saturated heterocycles. The summed E-state index contributed by atoms with van der Waals surface area (Å²) in [5, 5.41) is 10.8. The Morgan fingerprint density at radius 3 is 2.31 bits per heavy atom. The van der Waals surface area contributed by atoms with Gasteiger partial charge in [0.25, 0.3) is 5.91 Å². The van der Waals surface area contributed by atoms with Crippen molar-refractivity contribution in [3.8, 4) is 0 Å². The van der Waals surface area contributed by atoms with Gasteiger partial charge in [-0.1, -0.05) is 36.4 Å². The summed E-state index contributed by atoms with van der Waals surface area (Å²) >= 11 is 0. The number of Topliss-reactive ketones (excluding diaryl/α,β-unsaturated/α-hetero) is 1. The van der Waals surface area contributed by atoms with Gasteiger partial charge in [0.1, 0.15) is 6.04 Å². The van der Waals surface area contributed by atoms with Gasteiger partial charge in [-0.25, -0.2) is 0 Å². The van der Waals surface area contributed by atoms with Gasteiger partial charge in [0.2, 0.25) is 0 Å². The number of anilines is 2. The average Bonchev–Trinajstić information content (AvgIpc) is 3.09. The first kappa shape index (κ1) is 21.3. The van der Waals surface area contributed by atoms with Gasteiger partial charge in [-0.15, -0.1) is 0 Å². The fourth-order valence-electron chi connectivity index (χ4n) is 3.92. The largest absolute Gasteiger partial charge is 0.503 e. The van der Waals surface area contributed by atoms with Gasteiger partial charge >= 0.3 is 0 Å². The molecule has 2 aromatic carbocycles. The smallest absolute Gasteiger partial charge is 0.294 e. The number of carbonyl (C=O) groups is 2. The van der Waals surface area contributed by atoms with E-state index in [1.165, 1.54) is 4.90 Å². The molecule has 1 N–H and O–H groups in total. The maximum Gasteiger partial charge on any atom is 0.294 e. The van der Waals surface area contributed by atoms with Crippen molar-refractivity contribution >= 4 is 23.1 Å². The van der Waals surface area contributed by atoms with Crippen molar-refractivity contribution in [2.45, 2.75) is 18.9 Å². The first-order chi connectivity index (χ1) is 15.5. The zero-order chi connectivity index (χ0) is 22.7. The van der Waals surface area contributed by atoms with E-state index in [1.54, 1.807) is 18.3 Å². The number of pyridine rings is 1. The maximum atomic E-state index is 13.2. The molecule has 1 aliphatic rings. The standard InChI is InChI=1S/C26H25N3O3/c1-28(2)19-12-14-20(15-13-19)29-24(21-10-6-7-17-27-21)23(25(31)26(29)32)22(30)16-11-18-8-4-3-5-9-18/h3-10,12-15,17,24,31H,11,16H2,1-2H3. The molecule has 1 aliphatic heterocycles. The Bertz CT molecular complexity index is 1140. The molecule has 32 heavy (non-hydrogen) atoms. The van der Waals surface area contributed by atoms with Crippen LogP contribution in [0.15, 0.2) is 90.3 Å². The van der Waals surface area contributed by atoms with E-state index in [2.05, 4.69) is 4.98 Å². The average molecular weight is 428 g/mol. The summed E-state index contributed by atoms with van der Waals surface area (Å²) < 4.78 is 0. The fraction of sp³-hybridized carbons (Fsp3) is 0.192. The van der Waals surface area contributed by atoms with Crippen molar-refractivity contribution in [3.63, 3.8) is 0 Å². The van der Waals surface area contributed by atoms with Crippen LogP contribution >= 0.6 is 0 Å². The number of hydrogen-bond donors (Lipinski definition) is 1. The molecule has 0 aliphatic carbocycles. The summed E-state index contributed by atoms with van der Waals surface area (Å²) in [7, 11) is 3.87. The third-order valence-electron chi connectivity index (χ3n) is 5.60. The zero-order valence-electron chi connectivity index (χ0n) is 18.1. The van der Waals surface area contributed by atoms with Crippen LogP contribution in [0.1, 0.15) is 23.7 Å². The van der Waals surface area contributed by atoms with Crippen LogP contribution in [0.4, 0.5) is 11.4 Å². The van der Waals surface area contributed by atoms with Crippen LogP contribution in [-0.4, -0.2) is 35.9 Å². The molecule has 1 amide bonds. The van der Waals surface area contributed by atoms with Crippen molar-refractivity contribution in [1.82, 2.24) is 4.98 Å². The lowest BCUT2D eigenvalue weighted by atomic mass is 9.95. The molecule has 6 nitrogen and oxygen atoms in total. The Morgan fingerprint density at radius 2 is 1.69 bits per heavy atom. The second kappa shape index (κ2) is 9.06. The van der Waals surface area contributed by atoms with Crippen molar-refractivity contribution in [3.05, 3.63) is 102 Å². The summed E-state index contributed by atoms with van der Waals surface area (Å²) in [6.07, 6.45) is 2.33. The van der Waals surface area contributed by atoms with Crippen LogP contribution in [0.25, 0.3) is 0 Å². The van der Waals surface area contributed by atoms with Gasteiger partial charge in [-0.3, -0.25) is 19.5 Å². The number of aliphatic hydroxyl groups excluding tert-OH is 1. The summed E-state index contributed by atoms with van der Waals surface area (Å²) in [6, 6.07) is 21.7. The quantitative estimate of drug-likeness (QED) is 0.610. The summed E-state index contributed by atoms with van der Waals surface area (Å²) in [6.45, 7) is 0. The van der Waals surface area contributed by atoms with Crippen molar-refractivity contribution < 1.29 is 14.7 Å². The van der Waals surface area contributed by atoms with E-state index < -0.39 is 17.7 Å². The minimum atomic E-state index is -0.780. The lowest BCUT2D eigenvalue weighted by Gasteiger charge is -2.26. The summed E-state index contributed by atoms with van der Waals surface area (Å²) in [4.78, 5) is 34.2. The Balaban J connectivity index is 1.69. The first-order valence-corrected chi connectivity index (χ1v) is 10.5. The molecule has 0 fully saturated rings. The van der Waals surface area contributed by atoms with Crippen LogP contribution in [0.3, 0.4) is 0 Å². The molecule has 1 unspecified atom stereocenters. The highest BCUT2D eigenvalue weighted by Gasteiger charge is 2.44. The number of aryl methyl sites for hydroxylation is 1. The SMILES string of the molecule is CN(C)c1ccc(N2C(=O)C(O)=C(C(=O)CCc3ccccc3)C2c2ccccn2)cc1. The fourth-order valence-corrected chi connectivity index (χ4v) is 3.92. The molecular formula is C26H25N3O3. The maximum absolute atomic E-state index is 13.2. The van der Waals surface area contributed by atoms with E-state index in [9.17, 15) is 14.7 Å². The number of carbonyl (C=O) groups excluding carboxylic acids is 2. The van der Waals surface area contributed by atoms with Crippen LogP contribution in [0, 0.1) is 0 Å². The predicted octanol–water partition coefficient (Wildman–Crippen LogP) is 4.25. The van der Waals surface area contributed by atoms with E-state index in [0.717, 1.165) is 11.3 Å². The molecule has 0 saturated carbocycles. The Kier molecular flexibility index (Phi) is 6.03. The Labute approximate surface area is 187 Å². The van der Waals surface area contributed by atoms with Crippen LogP contribution in [0.2, 0.25) is 0 Å². The van der Waals surface area contributed by atoms with Gasteiger partial charge in [-0.05, 0) is 48.4 Å². The number of nitrogens with zero attached hydrogens (tertiary/aromatic N) is 3.